The van der Waals surface area contributed by atoms with Crippen molar-refractivity contribution >= 4 is 20.3 Å². The topological polar surface area (TPSA) is 52.6 Å². The molecule has 0 aromatic rings. The molecule has 0 unspecified atom stereocenters. The molecule has 0 bridgehead atoms. The van der Waals surface area contributed by atoms with Gasteiger partial charge < -0.3 is 9.16 Å². The molecule has 5 heteroatoms. The van der Waals surface area contributed by atoms with Crippen LogP contribution in [0.1, 0.15) is 40.0 Å². The van der Waals surface area contributed by atoms with Crippen LogP contribution in [0.25, 0.3) is 0 Å². The number of carbonyl (C=O) groups is 2. The van der Waals surface area contributed by atoms with E-state index in [0.717, 1.165) is 31.4 Å². The van der Waals surface area contributed by atoms with Crippen LogP contribution in [0, 0.1) is 0 Å². The van der Waals surface area contributed by atoms with Crippen molar-refractivity contribution in [1.82, 2.24) is 0 Å². The number of rotatable bonds is 8. The molecule has 0 N–H and O–H groups in total. The SMILES string of the molecule is CCCCCOC(=O)/C=C/C(=O)O[Si](C)(C)C(C)C. The average molecular weight is 286 g/mol. The lowest BCUT2D eigenvalue weighted by Gasteiger charge is -2.25. The Labute approximate surface area is 117 Å². The van der Waals surface area contributed by atoms with Crippen LogP contribution in [0.3, 0.4) is 0 Å². The van der Waals surface area contributed by atoms with Crippen LogP contribution in [-0.2, 0) is 18.8 Å². The van der Waals surface area contributed by atoms with Gasteiger partial charge >= 0.3 is 11.9 Å². The first-order chi connectivity index (χ1) is 8.79. The number of hydrogen-bond acceptors (Lipinski definition) is 4. The van der Waals surface area contributed by atoms with Crippen molar-refractivity contribution in [3.05, 3.63) is 12.2 Å². The molecule has 0 saturated heterocycles. The zero-order valence-corrected chi connectivity index (χ0v) is 13.7. The number of ether oxygens (including phenoxy) is 1. The van der Waals surface area contributed by atoms with E-state index in [0.29, 0.717) is 12.1 Å². The predicted octanol–water partition coefficient (Wildman–Crippen LogP) is 3.43. The lowest BCUT2D eigenvalue weighted by atomic mass is 10.3. The van der Waals surface area contributed by atoms with Crippen LogP contribution in [0.4, 0.5) is 0 Å². The molecule has 0 aromatic carbocycles. The van der Waals surface area contributed by atoms with Crippen LogP contribution in [0.15, 0.2) is 12.2 Å². The molecular formula is C14H26O4Si. The van der Waals surface area contributed by atoms with Crippen molar-refractivity contribution in [2.24, 2.45) is 0 Å². The van der Waals surface area contributed by atoms with E-state index in [1.165, 1.54) is 0 Å². The number of unbranched alkanes of at least 4 members (excludes halogenated alkanes) is 2. The van der Waals surface area contributed by atoms with Gasteiger partial charge in [-0.1, -0.05) is 33.6 Å². The third kappa shape index (κ3) is 8.59. The highest BCUT2D eigenvalue weighted by molar-refractivity contribution is 6.74. The van der Waals surface area contributed by atoms with Crippen LogP contribution in [0.5, 0.6) is 0 Å². The van der Waals surface area contributed by atoms with E-state index in [9.17, 15) is 9.59 Å². The van der Waals surface area contributed by atoms with Crippen LogP contribution >= 0.6 is 0 Å². The summed E-state index contributed by atoms with van der Waals surface area (Å²) in [7, 11) is -2.00. The summed E-state index contributed by atoms with van der Waals surface area (Å²) in [4.78, 5) is 22.9. The Kier molecular flexibility index (Phi) is 8.39. The van der Waals surface area contributed by atoms with Gasteiger partial charge in [0.25, 0.3) is 8.32 Å². The molecule has 0 saturated carbocycles. The highest BCUT2D eigenvalue weighted by Crippen LogP contribution is 2.21. The molecule has 0 radical (unpaired) electrons. The van der Waals surface area contributed by atoms with Crippen molar-refractivity contribution < 1.29 is 18.8 Å². The van der Waals surface area contributed by atoms with E-state index in [-0.39, 0.29) is 0 Å². The number of carbonyl (C=O) groups excluding carboxylic acids is 2. The van der Waals surface area contributed by atoms with Crippen molar-refractivity contribution in [2.75, 3.05) is 6.61 Å². The van der Waals surface area contributed by atoms with E-state index in [4.69, 9.17) is 9.16 Å². The molecule has 0 fully saturated rings. The van der Waals surface area contributed by atoms with E-state index in [1.807, 2.05) is 26.9 Å². The third-order valence-corrected chi connectivity index (χ3v) is 6.61. The summed E-state index contributed by atoms with van der Waals surface area (Å²) in [6, 6.07) is 0. The zero-order valence-electron chi connectivity index (χ0n) is 12.7. The highest BCUT2D eigenvalue weighted by Gasteiger charge is 2.30. The van der Waals surface area contributed by atoms with Crippen LogP contribution in [-0.4, -0.2) is 26.9 Å². The first-order valence-corrected chi connectivity index (χ1v) is 9.86. The maximum Gasteiger partial charge on any atom is 0.331 e. The second kappa shape index (κ2) is 8.91. The summed E-state index contributed by atoms with van der Waals surface area (Å²) in [6.45, 7) is 10.5. The van der Waals surface area contributed by atoms with Crippen molar-refractivity contribution in [1.29, 1.82) is 0 Å². The molecule has 4 nitrogen and oxygen atoms in total. The second-order valence-electron chi connectivity index (χ2n) is 5.39. The van der Waals surface area contributed by atoms with Gasteiger partial charge in [-0.3, -0.25) is 0 Å². The van der Waals surface area contributed by atoms with Crippen molar-refractivity contribution in [3.63, 3.8) is 0 Å². The van der Waals surface area contributed by atoms with Gasteiger partial charge in [-0.15, -0.1) is 0 Å². The first-order valence-electron chi connectivity index (χ1n) is 6.87. The van der Waals surface area contributed by atoms with Gasteiger partial charge in [0.15, 0.2) is 0 Å². The second-order valence-corrected chi connectivity index (χ2v) is 9.95. The number of esters is 1. The largest absolute Gasteiger partial charge is 0.516 e. The van der Waals surface area contributed by atoms with E-state index < -0.39 is 20.3 Å². The molecule has 0 atom stereocenters. The molecular weight excluding hydrogens is 260 g/mol. The minimum atomic E-state index is -2.00. The molecule has 0 spiro atoms. The molecule has 0 aromatic heterocycles. The minimum Gasteiger partial charge on any atom is -0.516 e. The lowest BCUT2D eigenvalue weighted by Crippen LogP contribution is -2.36. The Bertz CT molecular complexity index is 321. The summed E-state index contributed by atoms with van der Waals surface area (Å²) < 4.78 is 10.3. The van der Waals surface area contributed by atoms with Gasteiger partial charge in [0.05, 0.1) is 6.61 Å². The summed E-state index contributed by atoms with van der Waals surface area (Å²) in [6.07, 6.45) is 5.26. The molecule has 0 aliphatic heterocycles. The quantitative estimate of drug-likeness (QED) is 0.297. The zero-order chi connectivity index (χ0) is 14.9. The fourth-order valence-electron chi connectivity index (χ4n) is 1.12. The standard InChI is InChI=1S/C14H26O4Si/c1-6-7-8-11-17-13(15)9-10-14(16)18-19(4,5)12(2)3/h9-10,12H,6-8,11H2,1-5H3/b10-9+. The molecule has 0 heterocycles. The third-order valence-electron chi connectivity index (χ3n) is 3.10. The van der Waals surface area contributed by atoms with Gasteiger partial charge in [0.2, 0.25) is 0 Å². The Morgan fingerprint density at radius 3 is 2.21 bits per heavy atom. The fourth-order valence-corrected chi connectivity index (χ4v) is 1.94. The Morgan fingerprint density at radius 2 is 1.68 bits per heavy atom. The first kappa shape index (κ1) is 17.9. The summed E-state index contributed by atoms with van der Waals surface area (Å²) in [5.74, 6) is -0.951. The van der Waals surface area contributed by atoms with Crippen LogP contribution < -0.4 is 0 Å². The summed E-state index contributed by atoms with van der Waals surface area (Å²) >= 11 is 0. The van der Waals surface area contributed by atoms with Gasteiger partial charge in [0.1, 0.15) is 0 Å². The maximum atomic E-state index is 11.6. The van der Waals surface area contributed by atoms with Crippen LogP contribution in [0.2, 0.25) is 18.6 Å². The summed E-state index contributed by atoms with van der Waals surface area (Å²) in [5.41, 5.74) is 0.339. The molecule has 0 aliphatic carbocycles. The van der Waals surface area contributed by atoms with Crippen molar-refractivity contribution in [2.45, 2.75) is 58.7 Å². The number of hydrogen-bond donors (Lipinski definition) is 0. The molecule has 0 rings (SSSR count). The molecule has 110 valence electrons. The molecule has 19 heavy (non-hydrogen) atoms. The van der Waals surface area contributed by atoms with Gasteiger partial charge in [-0.25, -0.2) is 9.59 Å². The van der Waals surface area contributed by atoms with Gasteiger partial charge in [0, 0.05) is 12.2 Å². The lowest BCUT2D eigenvalue weighted by molar-refractivity contribution is -0.138. The van der Waals surface area contributed by atoms with E-state index >= 15 is 0 Å². The average Bonchev–Trinajstić information content (AvgIpc) is 2.31. The van der Waals surface area contributed by atoms with E-state index in [1.54, 1.807) is 0 Å². The smallest absolute Gasteiger partial charge is 0.331 e. The Balaban J connectivity index is 4.05. The normalized spacial score (nSPS) is 11.9. The monoisotopic (exact) mass is 286 g/mol. The Morgan fingerprint density at radius 1 is 1.11 bits per heavy atom. The fraction of sp³-hybridized carbons (Fsp3) is 0.714. The van der Waals surface area contributed by atoms with Gasteiger partial charge in [-0.2, -0.15) is 0 Å². The van der Waals surface area contributed by atoms with Gasteiger partial charge in [-0.05, 0) is 25.1 Å². The highest BCUT2D eigenvalue weighted by atomic mass is 28.4. The van der Waals surface area contributed by atoms with Crippen molar-refractivity contribution in [3.8, 4) is 0 Å². The molecule has 0 amide bonds. The Hall–Kier alpha value is -1.10. The molecule has 0 aliphatic rings. The maximum absolute atomic E-state index is 11.6. The summed E-state index contributed by atoms with van der Waals surface area (Å²) in [5, 5.41) is 0. The minimum absolute atomic E-state index is 0.339. The predicted molar refractivity (Wildman–Crippen MR) is 78.3 cm³/mol. The van der Waals surface area contributed by atoms with E-state index in [2.05, 4.69) is 6.92 Å².